The van der Waals surface area contributed by atoms with E-state index in [4.69, 9.17) is 10.00 Å². The van der Waals surface area contributed by atoms with E-state index < -0.39 is 17.8 Å². The lowest BCUT2D eigenvalue weighted by Gasteiger charge is -2.11. The second-order valence-electron chi connectivity index (χ2n) is 5.51. The van der Waals surface area contributed by atoms with Crippen molar-refractivity contribution in [2.75, 3.05) is 5.32 Å². The Hall–Kier alpha value is -3.92. The van der Waals surface area contributed by atoms with Crippen LogP contribution in [0.15, 0.2) is 54.2 Å². The second-order valence-corrected chi connectivity index (χ2v) is 5.51. The fourth-order valence-corrected chi connectivity index (χ4v) is 2.19. The Morgan fingerprint density at radius 1 is 1.04 bits per heavy atom. The van der Waals surface area contributed by atoms with Gasteiger partial charge < -0.3 is 15.4 Å². The molecule has 27 heavy (non-hydrogen) atoms. The first-order chi connectivity index (χ1) is 12.9. The number of esters is 1. The fourth-order valence-electron chi connectivity index (χ4n) is 2.19. The van der Waals surface area contributed by atoms with Crippen LogP contribution in [-0.4, -0.2) is 17.8 Å². The number of hydrogen-bond acceptors (Lipinski definition) is 5. The SMILES string of the molecule is CC(=O)N/C(=C\c1ccc(OC(C)=O)cc1)C(=O)Nc1ccccc1C#N. The number of hydrogen-bond donors (Lipinski definition) is 2. The summed E-state index contributed by atoms with van der Waals surface area (Å²) in [6.07, 6.45) is 1.48. The first-order valence-electron chi connectivity index (χ1n) is 7.97. The normalized spacial score (nSPS) is 10.5. The van der Waals surface area contributed by atoms with Gasteiger partial charge in [0.15, 0.2) is 0 Å². The highest BCUT2D eigenvalue weighted by Gasteiger charge is 2.13. The van der Waals surface area contributed by atoms with E-state index in [-0.39, 0.29) is 5.70 Å². The smallest absolute Gasteiger partial charge is 0.308 e. The quantitative estimate of drug-likeness (QED) is 0.482. The molecular weight excluding hydrogens is 346 g/mol. The lowest BCUT2D eigenvalue weighted by atomic mass is 10.1. The molecular formula is C20H17N3O4. The van der Waals surface area contributed by atoms with Gasteiger partial charge in [0.05, 0.1) is 11.3 Å². The summed E-state index contributed by atoms with van der Waals surface area (Å²) in [6, 6.07) is 14.9. The van der Waals surface area contributed by atoms with Crippen LogP contribution in [0.25, 0.3) is 6.08 Å². The van der Waals surface area contributed by atoms with E-state index in [1.807, 2.05) is 6.07 Å². The largest absolute Gasteiger partial charge is 0.427 e. The van der Waals surface area contributed by atoms with Crippen molar-refractivity contribution in [1.29, 1.82) is 5.26 Å². The third kappa shape index (κ3) is 5.83. The Bertz CT molecular complexity index is 940. The highest BCUT2D eigenvalue weighted by atomic mass is 16.5. The van der Waals surface area contributed by atoms with Crippen molar-refractivity contribution < 1.29 is 19.1 Å². The molecule has 0 spiro atoms. The molecule has 2 aromatic rings. The summed E-state index contributed by atoms with van der Waals surface area (Å²) in [5.41, 5.74) is 1.26. The topological polar surface area (TPSA) is 108 Å². The number of para-hydroxylation sites is 1. The van der Waals surface area contributed by atoms with Crippen LogP contribution in [0.5, 0.6) is 5.75 Å². The zero-order valence-corrected chi connectivity index (χ0v) is 14.8. The van der Waals surface area contributed by atoms with Gasteiger partial charge in [-0.15, -0.1) is 0 Å². The van der Waals surface area contributed by atoms with Gasteiger partial charge in [0.2, 0.25) is 5.91 Å². The molecule has 0 saturated carbocycles. The van der Waals surface area contributed by atoms with Crippen LogP contribution in [-0.2, 0) is 14.4 Å². The fraction of sp³-hybridized carbons (Fsp3) is 0.100. The van der Waals surface area contributed by atoms with Crippen molar-refractivity contribution in [3.63, 3.8) is 0 Å². The van der Waals surface area contributed by atoms with Gasteiger partial charge in [-0.1, -0.05) is 24.3 Å². The molecule has 0 saturated heterocycles. The van der Waals surface area contributed by atoms with E-state index >= 15 is 0 Å². The minimum atomic E-state index is -0.572. The Balaban J connectivity index is 2.27. The molecule has 0 fully saturated rings. The van der Waals surface area contributed by atoms with Gasteiger partial charge in [-0.3, -0.25) is 14.4 Å². The van der Waals surface area contributed by atoms with E-state index in [1.165, 1.54) is 19.9 Å². The number of nitrogens with one attached hydrogen (secondary N) is 2. The van der Waals surface area contributed by atoms with Gasteiger partial charge in [-0.05, 0) is 35.9 Å². The Kier molecular flexibility index (Phi) is 6.44. The summed E-state index contributed by atoms with van der Waals surface area (Å²) in [5, 5.41) is 14.2. The number of carbonyl (C=O) groups excluding carboxylic acids is 3. The molecule has 0 atom stereocenters. The van der Waals surface area contributed by atoms with Crippen molar-refractivity contribution in [1.82, 2.24) is 5.32 Å². The zero-order chi connectivity index (χ0) is 19.8. The molecule has 2 N–H and O–H groups in total. The number of nitriles is 1. The van der Waals surface area contributed by atoms with Crippen LogP contribution < -0.4 is 15.4 Å². The standard InChI is InChI=1S/C20H17N3O4/c1-13(24)22-19(11-15-7-9-17(10-8-15)27-14(2)25)20(26)23-18-6-4-3-5-16(18)12-21/h3-11H,1-2H3,(H,22,24)(H,23,26)/b19-11-. The summed E-state index contributed by atoms with van der Waals surface area (Å²) in [4.78, 5) is 35.0. The number of nitrogens with zero attached hydrogens (tertiary/aromatic N) is 1. The predicted molar refractivity (Wildman–Crippen MR) is 99.3 cm³/mol. The third-order valence-electron chi connectivity index (χ3n) is 3.30. The van der Waals surface area contributed by atoms with Crippen molar-refractivity contribution in [2.45, 2.75) is 13.8 Å². The Morgan fingerprint density at radius 2 is 1.70 bits per heavy atom. The molecule has 0 heterocycles. The first kappa shape index (κ1) is 19.4. The molecule has 0 aliphatic carbocycles. The van der Waals surface area contributed by atoms with Gasteiger partial charge in [0.25, 0.3) is 5.91 Å². The van der Waals surface area contributed by atoms with Gasteiger partial charge in [-0.25, -0.2) is 0 Å². The number of carbonyl (C=O) groups is 3. The number of benzene rings is 2. The van der Waals surface area contributed by atoms with Crippen molar-refractivity contribution in [3.05, 3.63) is 65.4 Å². The summed E-state index contributed by atoms with van der Waals surface area (Å²) in [5.74, 6) is -1.06. The molecule has 2 rings (SSSR count). The van der Waals surface area contributed by atoms with Crippen LogP contribution >= 0.6 is 0 Å². The van der Waals surface area contributed by atoms with E-state index in [2.05, 4.69) is 10.6 Å². The van der Waals surface area contributed by atoms with E-state index in [0.717, 1.165) is 0 Å². The van der Waals surface area contributed by atoms with E-state index in [1.54, 1.807) is 48.5 Å². The van der Waals surface area contributed by atoms with Gasteiger partial charge in [-0.2, -0.15) is 5.26 Å². The molecule has 136 valence electrons. The van der Waals surface area contributed by atoms with Crippen LogP contribution in [0, 0.1) is 11.3 Å². The molecule has 0 radical (unpaired) electrons. The Labute approximate surface area is 156 Å². The van der Waals surface area contributed by atoms with Crippen molar-refractivity contribution >= 4 is 29.5 Å². The molecule has 0 unspecified atom stereocenters. The molecule has 7 nitrogen and oxygen atoms in total. The first-order valence-corrected chi connectivity index (χ1v) is 7.97. The maximum Gasteiger partial charge on any atom is 0.308 e. The molecule has 0 bridgehead atoms. The highest BCUT2D eigenvalue weighted by Crippen LogP contribution is 2.17. The van der Waals surface area contributed by atoms with Crippen molar-refractivity contribution in [3.8, 4) is 11.8 Å². The van der Waals surface area contributed by atoms with Gasteiger partial charge in [0, 0.05) is 13.8 Å². The van der Waals surface area contributed by atoms with Crippen LogP contribution in [0.1, 0.15) is 25.0 Å². The van der Waals surface area contributed by atoms with E-state index in [9.17, 15) is 14.4 Å². The van der Waals surface area contributed by atoms with Crippen LogP contribution in [0.3, 0.4) is 0 Å². The molecule has 2 aromatic carbocycles. The molecule has 0 aromatic heterocycles. The lowest BCUT2D eigenvalue weighted by molar-refractivity contribution is -0.131. The number of anilines is 1. The molecule has 2 amide bonds. The van der Waals surface area contributed by atoms with Crippen LogP contribution in [0.2, 0.25) is 0 Å². The Morgan fingerprint density at radius 3 is 2.30 bits per heavy atom. The summed E-state index contributed by atoms with van der Waals surface area (Å²) < 4.78 is 4.95. The maximum atomic E-state index is 12.6. The van der Waals surface area contributed by atoms with Crippen LogP contribution in [0.4, 0.5) is 5.69 Å². The maximum absolute atomic E-state index is 12.6. The number of amides is 2. The molecule has 0 aliphatic rings. The molecule has 7 heteroatoms. The molecule has 0 aliphatic heterocycles. The average Bonchev–Trinajstić information content (AvgIpc) is 2.62. The number of ether oxygens (including phenoxy) is 1. The van der Waals surface area contributed by atoms with E-state index in [0.29, 0.717) is 22.6 Å². The van der Waals surface area contributed by atoms with Gasteiger partial charge >= 0.3 is 5.97 Å². The predicted octanol–water partition coefficient (Wildman–Crippen LogP) is 2.60. The second kappa shape index (κ2) is 8.97. The summed E-state index contributed by atoms with van der Waals surface area (Å²) in [6.45, 7) is 2.58. The van der Waals surface area contributed by atoms with Crippen molar-refractivity contribution in [2.24, 2.45) is 0 Å². The summed E-state index contributed by atoms with van der Waals surface area (Å²) >= 11 is 0. The minimum absolute atomic E-state index is 0.00970. The lowest BCUT2D eigenvalue weighted by Crippen LogP contribution is -2.29. The van der Waals surface area contributed by atoms with Gasteiger partial charge in [0.1, 0.15) is 17.5 Å². The summed E-state index contributed by atoms with van der Waals surface area (Å²) in [7, 11) is 0. The zero-order valence-electron chi connectivity index (χ0n) is 14.8. The number of rotatable bonds is 5. The average molecular weight is 363 g/mol. The highest BCUT2D eigenvalue weighted by molar-refractivity contribution is 6.09. The monoisotopic (exact) mass is 363 g/mol. The third-order valence-corrected chi connectivity index (χ3v) is 3.30. The minimum Gasteiger partial charge on any atom is -0.427 e.